The lowest BCUT2D eigenvalue weighted by Crippen LogP contribution is -2.30. The van der Waals surface area contributed by atoms with Gasteiger partial charge in [-0.2, -0.15) is 0 Å². The highest BCUT2D eigenvalue weighted by Gasteiger charge is 2.21. The molecule has 2 aromatic carbocycles. The predicted molar refractivity (Wildman–Crippen MR) is 99.2 cm³/mol. The van der Waals surface area contributed by atoms with Crippen LogP contribution in [0.4, 0.5) is 15.8 Å². The van der Waals surface area contributed by atoms with E-state index in [2.05, 4.69) is 9.62 Å². The topological polar surface area (TPSA) is 49.4 Å². The number of piperidine rings is 1. The summed E-state index contributed by atoms with van der Waals surface area (Å²) in [7, 11) is -3.78. The zero-order valence-electron chi connectivity index (χ0n) is 14.5. The van der Waals surface area contributed by atoms with E-state index in [0.29, 0.717) is 11.3 Å². The summed E-state index contributed by atoms with van der Waals surface area (Å²) in [5, 5.41) is 0. The summed E-state index contributed by atoms with van der Waals surface area (Å²) in [6, 6.07) is 9.46. The molecule has 1 aliphatic rings. The molecule has 0 aliphatic carbocycles. The van der Waals surface area contributed by atoms with Gasteiger partial charge in [0.25, 0.3) is 10.0 Å². The average Bonchev–Trinajstić information content (AvgIpc) is 2.55. The van der Waals surface area contributed by atoms with Crippen LogP contribution in [0.15, 0.2) is 41.3 Å². The molecule has 0 spiro atoms. The average molecular weight is 362 g/mol. The molecular formula is C19H23FN2O2S. The van der Waals surface area contributed by atoms with Gasteiger partial charge in [-0.25, -0.2) is 12.8 Å². The molecule has 0 unspecified atom stereocenters. The molecule has 1 saturated heterocycles. The van der Waals surface area contributed by atoms with Crippen LogP contribution in [0.5, 0.6) is 0 Å². The van der Waals surface area contributed by atoms with E-state index in [1.54, 1.807) is 25.1 Å². The number of benzene rings is 2. The first kappa shape index (κ1) is 17.7. The Hall–Kier alpha value is -2.08. The van der Waals surface area contributed by atoms with Gasteiger partial charge in [-0.1, -0.05) is 17.7 Å². The van der Waals surface area contributed by atoms with Crippen LogP contribution in [0.3, 0.4) is 0 Å². The smallest absolute Gasteiger partial charge is 0.262 e. The summed E-state index contributed by atoms with van der Waals surface area (Å²) in [5.41, 5.74) is 2.69. The molecule has 25 heavy (non-hydrogen) atoms. The molecule has 6 heteroatoms. The van der Waals surface area contributed by atoms with Crippen LogP contribution in [0.2, 0.25) is 0 Å². The van der Waals surface area contributed by atoms with Crippen LogP contribution in [0.25, 0.3) is 0 Å². The zero-order valence-corrected chi connectivity index (χ0v) is 15.4. The highest BCUT2D eigenvalue weighted by Crippen LogP contribution is 2.31. The van der Waals surface area contributed by atoms with E-state index in [1.165, 1.54) is 18.6 Å². The second-order valence-electron chi connectivity index (χ2n) is 6.58. The molecule has 1 aliphatic heterocycles. The van der Waals surface area contributed by atoms with Gasteiger partial charge in [0.1, 0.15) is 5.82 Å². The Morgan fingerprint density at radius 1 is 1.00 bits per heavy atom. The lowest BCUT2D eigenvalue weighted by atomic mass is 10.1. The normalized spacial score (nSPS) is 15.2. The fourth-order valence-corrected chi connectivity index (χ4v) is 4.59. The first-order valence-corrected chi connectivity index (χ1v) is 10.00. The Morgan fingerprint density at radius 2 is 1.72 bits per heavy atom. The van der Waals surface area contributed by atoms with Gasteiger partial charge in [0, 0.05) is 19.2 Å². The first-order chi connectivity index (χ1) is 11.9. The van der Waals surface area contributed by atoms with Crippen molar-refractivity contribution in [3.63, 3.8) is 0 Å². The molecule has 1 heterocycles. The van der Waals surface area contributed by atoms with Crippen LogP contribution in [-0.4, -0.2) is 21.5 Å². The van der Waals surface area contributed by atoms with Crippen LogP contribution < -0.4 is 9.62 Å². The van der Waals surface area contributed by atoms with Crippen molar-refractivity contribution in [2.45, 2.75) is 38.0 Å². The molecule has 4 nitrogen and oxygen atoms in total. The number of rotatable bonds is 4. The summed E-state index contributed by atoms with van der Waals surface area (Å²) >= 11 is 0. The second kappa shape index (κ2) is 7.04. The Balaban J connectivity index is 1.97. The number of hydrogen-bond acceptors (Lipinski definition) is 3. The summed E-state index contributed by atoms with van der Waals surface area (Å²) in [4.78, 5) is 2.33. The molecule has 0 saturated carbocycles. The standard InChI is InChI=1S/C19H23FN2O2S/c1-14-6-9-19(15(2)12-14)25(23,24)21-17-13-16(20)7-8-18(17)22-10-4-3-5-11-22/h6-9,12-13,21H,3-5,10-11H2,1-2H3. The van der Waals surface area contributed by atoms with Gasteiger partial charge in [-0.15, -0.1) is 0 Å². The summed E-state index contributed by atoms with van der Waals surface area (Å²) in [6.07, 6.45) is 3.28. The molecule has 0 aromatic heterocycles. The molecule has 1 fully saturated rings. The number of halogens is 1. The molecule has 134 valence electrons. The van der Waals surface area contributed by atoms with E-state index in [4.69, 9.17) is 0 Å². The molecule has 1 N–H and O–H groups in total. The minimum Gasteiger partial charge on any atom is -0.370 e. The number of hydrogen-bond donors (Lipinski definition) is 1. The number of nitrogens with zero attached hydrogens (tertiary/aromatic N) is 1. The lowest BCUT2D eigenvalue weighted by Gasteiger charge is -2.30. The van der Waals surface area contributed by atoms with Gasteiger partial charge in [0.15, 0.2) is 0 Å². The van der Waals surface area contributed by atoms with E-state index in [-0.39, 0.29) is 4.90 Å². The number of anilines is 2. The Kier molecular flexibility index (Phi) is 4.99. The maximum Gasteiger partial charge on any atom is 0.262 e. The molecule has 0 bridgehead atoms. The van der Waals surface area contributed by atoms with Crippen molar-refractivity contribution in [1.29, 1.82) is 0 Å². The van der Waals surface area contributed by atoms with Crippen LogP contribution in [0, 0.1) is 19.7 Å². The lowest BCUT2D eigenvalue weighted by molar-refractivity contribution is 0.577. The number of nitrogens with one attached hydrogen (secondary N) is 1. The highest BCUT2D eigenvalue weighted by atomic mass is 32.2. The quantitative estimate of drug-likeness (QED) is 0.885. The van der Waals surface area contributed by atoms with Gasteiger partial charge >= 0.3 is 0 Å². The Labute approximate surface area is 148 Å². The van der Waals surface area contributed by atoms with Crippen molar-refractivity contribution in [1.82, 2.24) is 0 Å². The minimum atomic E-state index is -3.78. The van der Waals surface area contributed by atoms with E-state index < -0.39 is 15.8 Å². The predicted octanol–water partition coefficient (Wildman–Crippen LogP) is 4.23. The van der Waals surface area contributed by atoms with Crippen LogP contribution in [0.1, 0.15) is 30.4 Å². The fraction of sp³-hybridized carbons (Fsp3) is 0.368. The van der Waals surface area contributed by atoms with E-state index in [1.807, 2.05) is 13.0 Å². The molecule has 0 atom stereocenters. The second-order valence-corrected chi connectivity index (χ2v) is 8.23. The SMILES string of the molecule is Cc1ccc(S(=O)(=O)Nc2cc(F)ccc2N2CCCCC2)c(C)c1. The Morgan fingerprint density at radius 3 is 2.40 bits per heavy atom. The van der Waals surface area contributed by atoms with Crippen molar-refractivity contribution in [3.8, 4) is 0 Å². The molecule has 0 radical (unpaired) electrons. The van der Waals surface area contributed by atoms with Crippen LogP contribution in [-0.2, 0) is 10.0 Å². The minimum absolute atomic E-state index is 0.215. The first-order valence-electron chi connectivity index (χ1n) is 8.51. The van der Waals surface area contributed by atoms with Crippen molar-refractivity contribution in [2.75, 3.05) is 22.7 Å². The summed E-state index contributed by atoms with van der Waals surface area (Å²) in [6.45, 7) is 5.38. The maximum absolute atomic E-state index is 13.8. The summed E-state index contributed by atoms with van der Waals surface area (Å²) < 4.78 is 42.0. The Bertz CT molecular complexity index is 875. The molecule has 2 aromatic rings. The summed E-state index contributed by atoms with van der Waals surface area (Å²) in [5.74, 6) is -0.459. The zero-order chi connectivity index (χ0) is 18.0. The van der Waals surface area contributed by atoms with E-state index in [9.17, 15) is 12.8 Å². The third-order valence-electron chi connectivity index (χ3n) is 4.52. The van der Waals surface area contributed by atoms with E-state index in [0.717, 1.165) is 37.2 Å². The van der Waals surface area contributed by atoms with Gasteiger partial charge in [0.2, 0.25) is 0 Å². The monoisotopic (exact) mass is 362 g/mol. The van der Waals surface area contributed by atoms with Crippen molar-refractivity contribution < 1.29 is 12.8 Å². The van der Waals surface area contributed by atoms with Gasteiger partial charge in [-0.05, 0) is 56.9 Å². The third-order valence-corrected chi connectivity index (χ3v) is 6.05. The molecule has 3 rings (SSSR count). The highest BCUT2D eigenvalue weighted by molar-refractivity contribution is 7.92. The largest absolute Gasteiger partial charge is 0.370 e. The van der Waals surface area contributed by atoms with Crippen LogP contribution >= 0.6 is 0 Å². The van der Waals surface area contributed by atoms with E-state index >= 15 is 0 Å². The third kappa shape index (κ3) is 3.95. The number of sulfonamides is 1. The molecule has 0 amide bonds. The van der Waals surface area contributed by atoms with Crippen molar-refractivity contribution in [2.24, 2.45) is 0 Å². The van der Waals surface area contributed by atoms with Crippen molar-refractivity contribution >= 4 is 21.4 Å². The van der Waals surface area contributed by atoms with Gasteiger partial charge in [0.05, 0.1) is 16.3 Å². The fourth-order valence-electron chi connectivity index (χ4n) is 3.30. The van der Waals surface area contributed by atoms with Gasteiger partial charge < -0.3 is 4.90 Å². The maximum atomic E-state index is 13.8. The van der Waals surface area contributed by atoms with Gasteiger partial charge in [-0.3, -0.25) is 4.72 Å². The molecular weight excluding hydrogens is 339 g/mol. The number of aryl methyl sites for hydroxylation is 2. The van der Waals surface area contributed by atoms with Crippen molar-refractivity contribution in [3.05, 3.63) is 53.3 Å².